The third-order valence-corrected chi connectivity index (χ3v) is 3.24. The van der Waals surface area contributed by atoms with E-state index in [2.05, 4.69) is 12.2 Å². The molecule has 0 aliphatic carbocycles. The minimum absolute atomic E-state index is 0.198. The molecule has 0 spiro atoms. The lowest BCUT2D eigenvalue weighted by Crippen LogP contribution is -2.36. The molecule has 0 aromatic heterocycles. The summed E-state index contributed by atoms with van der Waals surface area (Å²) in [5.74, 6) is -0.361. The fourth-order valence-electron chi connectivity index (χ4n) is 2.16. The SMILES string of the molecule is CCOC(=O)c1cccc(N)c1NC1(C)CCOC1. The number of nitrogen functional groups attached to an aromatic ring is 1. The number of hydrogen-bond donors (Lipinski definition) is 2. The summed E-state index contributed by atoms with van der Waals surface area (Å²) in [5.41, 5.74) is 7.42. The first-order chi connectivity index (χ1) is 9.06. The second-order valence-corrected chi connectivity index (χ2v) is 4.98. The second kappa shape index (κ2) is 5.48. The highest BCUT2D eigenvalue weighted by molar-refractivity contribution is 5.99. The number of para-hydroxylation sites is 1. The number of carbonyl (C=O) groups excluding carboxylic acids is 1. The fourth-order valence-corrected chi connectivity index (χ4v) is 2.16. The molecule has 2 rings (SSSR count). The van der Waals surface area contributed by atoms with Crippen molar-refractivity contribution in [3.05, 3.63) is 23.8 Å². The smallest absolute Gasteiger partial charge is 0.340 e. The fraction of sp³-hybridized carbons (Fsp3) is 0.500. The predicted octanol–water partition coefficient (Wildman–Crippen LogP) is 2.04. The van der Waals surface area contributed by atoms with E-state index in [1.54, 1.807) is 25.1 Å². The molecule has 0 saturated carbocycles. The summed E-state index contributed by atoms with van der Waals surface area (Å²) in [7, 11) is 0. The normalized spacial score (nSPS) is 22.2. The van der Waals surface area contributed by atoms with Crippen LogP contribution in [0.25, 0.3) is 0 Å². The van der Waals surface area contributed by atoms with E-state index in [4.69, 9.17) is 15.2 Å². The maximum Gasteiger partial charge on any atom is 0.340 e. The molecule has 0 radical (unpaired) electrons. The lowest BCUT2D eigenvalue weighted by molar-refractivity contribution is 0.0527. The van der Waals surface area contributed by atoms with Crippen molar-refractivity contribution in [1.29, 1.82) is 0 Å². The average Bonchev–Trinajstić information content (AvgIpc) is 2.79. The van der Waals surface area contributed by atoms with Crippen LogP contribution in [0.3, 0.4) is 0 Å². The van der Waals surface area contributed by atoms with Gasteiger partial charge in [0.15, 0.2) is 0 Å². The molecule has 5 nitrogen and oxygen atoms in total. The van der Waals surface area contributed by atoms with E-state index in [-0.39, 0.29) is 11.5 Å². The van der Waals surface area contributed by atoms with Crippen molar-refractivity contribution in [3.63, 3.8) is 0 Å². The Morgan fingerprint density at radius 2 is 2.37 bits per heavy atom. The first-order valence-electron chi connectivity index (χ1n) is 6.47. The van der Waals surface area contributed by atoms with Gasteiger partial charge < -0.3 is 20.5 Å². The number of nitrogens with two attached hydrogens (primary N) is 1. The molecule has 19 heavy (non-hydrogen) atoms. The van der Waals surface area contributed by atoms with E-state index < -0.39 is 0 Å². The van der Waals surface area contributed by atoms with Crippen molar-refractivity contribution in [2.24, 2.45) is 0 Å². The summed E-state index contributed by atoms with van der Waals surface area (Å²) in [6, 6.07) is 5.24. The summed E-state index contributed by atoms with van der Waals surface area (Å²) in [6.07, 6.45) is 0.879. The monoisotopic (exact) mass is 264 g/mol. The Kier molecular flexibility index (Phi) is 3.95. The summed E-state index contributed by atoms with van der Waals surface area (Å²) in [6.45, 7) is 5.49. The van der Waals surface area contributed by atoms with Crippen LogP contribution < -0.4 is 11.1 Å². The molecule has 1 aliphatic rings. The maximum atomic E-state index is 11.9. The van der Waals surface area contributed by atoms with Crippen molar-refractivity contribution in [2.75, 3.05) is 30.9 Å². The van der Waals surface area contributed by atoms with Gasteiger partial charge in [0.25, 0.3) is 0 Å². The standard InChI is InChI=1S/C14H20N2O3/c1-3-19-13(17)10-5-4-6-11(15)12(10)16-14(2)7-8-18-9-14/h4-6,16H,3,7-9,15H2,1-2H3. The quantitative estimate of drug-likeness (QED) is 0.643. The van der Waals surface area contributed by atoms with Crippen LogP contribution in [-0.2, 0) is 9.47 Å². The van der Waals surface area contributed by atoms with Crippen LogP contribution in [0.4, 0.5) is 11.4 Å². The van der Waals surface area contributed by atoms with Crippen LogP contribution in [0, 0.1) is 0 Å². The molecule has 1 aromatic rings. The highest BCUT2D eigenvalue weighted by Crippen LogP contribution is 2.30. The predicted molar refractivity (Wildman–Crippen MR) is 74.3 cm³/mol. The Hall–Kier alpha value is -1.75. The number of esters is 1. The Morgan fingerprint density at radius 1 is 1.58 bits per heavy atom. The number of hydrogen-bond acceptors (Lipinski definition) is 5. The molecule has 3 N–H and O–H groups in total. The molecular weight excluding hydrogens is 244 g/mol. The molecule has 1 saturated heterocycles. The molecule has 5 heteroatoms. The van der Waals surface area contributed by atoms with Crippen molar-refractivity contribution in [3.8, 4) is 0 Å². The molecule has 1 fully saturated rings. The van der Waals surface area contributed by atoms with Crippen LogP contribution >= 0.6 is 0 Å². The zero-order valence-electron chi connectivity index (χ0n) is 11.4. The number of ether oxygens (including phenoxy) is 2. The Bertz CT molecular complexity index is 468. The maximum absolute atomic E-state index is 11.9. The minimum Gasteiger partial charge on any atom is -0.462 e. The highest BCUT2D eigenvalue weighted by atomic mass is 16.5. The number of anilines is 2. The van der Waals surface area contributed by atoms with Gasteiger partial charge in [-0.2, -0.15) is 0 Å². The lowest BCUT2D eigenvalue weighted by atomic mass is 10.00. The van der Waals surface area contributed by atoms with E-state index in [0.29, 0.717) is 36.8 Å². The summed E-state index contributed by atoms with van der Waals surface area (Å²) in [4.78, 5) is 11.9. The number of rotatable bonds is 4. The molecule has 104 valence electrons. The van der Waals surface area contributed by atoms with Gasteiger partial charge in [-0.15, -0.1) is 0 Å². The van der Waals surface area contributed by atoms with Crippen LogP contribution in [0.5, 0.6) is 0 Å². The van der Waals surface area contributed by atoms with Crippen molar-refractivity contribution < 1.29 is 14.3 Å². The number of carbonyl (C=O) groups is 1. The Morgan fingerprint density at radius 3 is 3.00 bits per heavy atom. The minimum atomic E-state index is -0.361. The molecule has 1 aliphatic heterocycles. The van der Waals surface area contributed by atoms with Crippen LogP contribution in [-0.4, -0.2) is 31.3 Å². The highest BCUT2D eigenvalue weighted by Gasteiger charge is 2.31. The summed E-state index contributed by atoms with van der Waals surface area (Å²) >= 11 is 0. The van der Waals surface area contributed by atoms with Gasteiger partial charge in [-0.05, 0) is 32.4 Å². The van der Waals surface area contributed by atoms with Crippen molar-refractivity contribution in [1.82, 2.24) is 0 Å². The van der Waals surface area contributed by atoms with Gasteiger partial charge in [0.05, 0.1) is 35.7 Å². The largest absolute Gasteiger partial charge is 0.462 e. The van der Waals surface area contributed by atoms with E-state index >= 15 is 0 Å². The van der Waals surface area contributed by atoms with Crippen LogP contribution in [0.15, 0.2) is 18.2 Å². The van der Waals surface area contributed by atoms with Crippen molar-refractivity contribution in [2.45, 2.75) is 25.8 Å². The molecule has 1 aromatic carbocycles. The van der Waals surface area contributed by atoms with E-state index in [9.17, 15) is 4.79 Å². The van der Waals surface area contributed by atoms with Crippen molar-refractivity contribution >= 4 is 17.3 Å². The van der Waals surface area contributed by atoms with Gasteiger partial charge in [-0.25, -0.2) is 4.79 Å². The topological polar surface area (TPSA) is 73.6 Å². The number of nitrogens with one attached hydrogen (secondary N) is 1. The van der Waals surface area contributed by atoms with Crippen LogP contribution in [0.1, 0.15) is 30.6 Å². The second-order valence-electron chi connectivity index (χ2n) is 4.98. The molecule has 1 atom stereocenters. The van der Waals surface area contributed by atoms with Gasteiger partial charge in [0.1, 0.15) is 0 Å². The van der Waals surface area contributed by atoms with E-state index in [1.807, 2.05) is 0 Å². The Labute approximate surface area is 113 Å². The average molecular weight is 264 g/mol. The van der Waals surface area contributed by atoms with E-state index in [0.717, 1.165) is 6.42 Å². The summed E-state index contributed by atoms with van der Waals surface area (Å²) in [5, 5.41) is 3.34. The molecular formula is C14H20N2O3. The third kappa shape index (κ3) is 2.98. The first kappa shape index (κ1) is 13.7. The van der Waals surface area contributed by atoms with Crippen LogP contribution in [0.2, 0.25) is 0 Å². The van der Waals surface area contributed by atoms with E-state index in [1.165, 1.54) is 0 Å². The number of benzene rings is 1. The summed E-state index contributed by atoms with van der Waals surface area (Å²) < 4.78 is 10.5. The van der Waals surface area contributed by atoms with Gasteiger partial charge in [0, 0.05) is 6.61 Å². The third-order valence-electron chi connectivity index (χ3n) is 3.24. The Balaban J connectivity index is 2.30. The molecule has 1 unspecified atom stereocenters. The molecule has 0 amide bonds. The first-order valence-corrected chi connectivity index (χ1v) is 6.47. The zero-order chi connectivity index (χ0) is 13.9. The van der Waals surface area contributed by atoms with Gasteiger partial charge in [-0.3, -0.25) is 0 Å². The van der Waals surface area contributed by atoms with Gasteiger partial charge >= 0.3 is 5.97 Å². The van der Waals surface area contributed by atoms with Gasteiger partial charge in [0.2, 0.25) is 0 Å². The lowest BCUT2D eigenvalue weighted by Gasteiger charge is -2.27. The van der Waals surface area contributed by atoms with Gasteiger partial charge in [-0.1, -0.05) is 6.07 Å². The molecule has 0 bridgehead atoms. The zero-order valence-corrected chi connectivity index (χ0v) is 11.4. The molecule has 1 heterocycles.